The van der Waals surface area contributed by atoms with Crippen LogP contribution in [0.25, 0.3) is 0 Å². The van der Waals surface area contributed by atoms with Crippen LogP contribution in [0.4, 0.5) is 10.2 Å². The molecule has 3 N–H and O–H groups in total. The summed E-state index contributed by atoms with van der Waals surface area (Å²) in [7, 11) is 0. The van der Waals surface area contributed by atoms with E-state index < -0.39 is 0 Å². The fourth-order valence-electron chi connectivity index (χ4n) is 1.62. The molecular formula is C15H16FN3OS. The van der Waals surface area contributed by atoms with Crippen molar-refractivity contribution in [3.05, 3.63) is 53.5 Å². The number of hydrogen-bond donors (Lipinski definition) is 2. The van der Waals surface area contributed by atoms with E-state index in [9.17, 15) is 9.18 Å². The number of aromatic nitrogens is 1. The van der Waals surface area contributed by atoms with Gasteiger partial charge < -0.3 is 11.1 Å². The van der Waals surface area contributed by atoms with Crippen LogP contribution >= 0.6 is 11.8 Å². The average molecular weight is 305 g/mol. The molecule has 0 aliphatic rings. The maximum absolute atomic E-state index is 13.4. The topological polar surface area (TPSA) is 68.0 Å². The van der Waals surface area contributed by atoms with Gasteiger partial charge in [0.1, 0.15) is 11.6 Å². The average Bonchev–Trinajstić information content (AvgIpc) is 2.48. The van der Waals surface area contributed by atoms with Crippen LogP contribution in [0.15, 0.2) is 41.4 Å². The first kappa shape index (κ1) is 15.3. The van der Waals surface area contributed by atoms with Crippen LogP contribution in [-0.2, 0) is 11.3 Å². The van der Waals surface area contributed by atoms with Gasteiger partial charge in [0.15, 0.2) is 0 Å². The number of halogens is 1. The van der Waals surface area contributed by atoms with Gasteiger partial charge in [-0.3, -0.25) is 4.79 Å². The summed E-state index contributed by atoms with van der Waals surface area (Å²) in [4.78, 5) is 16.6. The van der Waals surface area contributed by atoms with E-state index in [1.54, 1.807) is 31.3 Å². The second-order valence-electron chi connectivity index (χ2n) is 4.57. The molecule has 0 atom stereocenters. The Morgan fingerprint density at radius 3 is 2.86 bits per heavy atom. The summed E-state index contributed by atoms with van der Waals surface area (Å²) in [5.74, 6) is 0.354. The second-order valence-corrected chi connectivity index (χ2v) is 5.62. The standard InChI is InChI=1S/C15H16FN3OS/c1-10-2-3-11(6-13(10)16)7-19-15(20)9-21-12-4-5-14(17)18-8-12/h2-6,8H,7,9H2,1H3,(H2,17,18)(H,19,20). The summed E-state index contributed by atoms with van der Waals surface area (Å²) >= 11 is 1.37. The van der Waals surface area contributed by atoms with E-state index in [0.29, 0.717) is 17.9 Å². The number of carbonyl (C=O) groups is 1. The van der Waals surface area contributed by atoms with Crippen LogP contribution < -0.4 is 11.1 Å². The Hall–Kier alpha value is -2.08. The number of nitrogens with zero attached hydrogens (tertiary/aromatic N) is 1. The molecule has 0 aliphatic carbocycles. The van der Waals surface area contributed by atoms with Gasteiger partial charge in [0.25, 0.3) is 0 Å². The van der Waals surface area contributed by atoms with Crippen LogP contribution in [0.3, 0.4) is 0 Å². The molecule has 110 valence electrons. The molecule has 21 heavy (non-hydrogen) atoms. The number of hydrogen-bond acceptors (Lipinski definition) is 4. The molecule has 2 aromatic rings. The number of thioether (sulfide) groups is 1. The predicted octanol–water partition coefficient (Wildman–Crippen LogP) is 2.52. The zero-order valence-corrected chi connectivity index (χ0v) is 12.4. The van der Waals surface area contributed by atoms with Gasteiger partial charge in [-0.1, -0.05) is 12.1 Å². The van der Waals surface area contributed by atoms with Crippen molar-refractivity contribution in [3.63, 3.8) is 0 Å². The van der Waals surface area contributed by atoms with Gasteiger partial charge in [0.05, 0.1) is 5.75 Å². The van der Waals surface area contributed by atoms with Crippen molar-refractivity contribution in [3.8, 4) is 0 Å². The fourth-order valence-corrected chi connectivity index (χ4v) is 2.32. The minimum absolute atomic E-state index is 0.113. The SMILES string of the molecule is Cc1ccc(CNC(=O)CSc2ccc(N)nc2)cc1F. The summed E-state index contributed by atoms with van der Waals surface area (Å²) in [6.45, 7) is 2.02. The van der Waals surface area contributed by atoms with Crippen LogP contribution in [0, 0.1) is 12.7 Å². The molecule has 6 heteroatoms. The van der Waals surface area contributed by atoms with E-state index in [4.69, 9.17) is 5.73 Å². The molecule has 0 saturated heterocycles. The van der Waals surface area contributed by atoms with Crippen molar-refractivity contribution in [2.75, 3.05) is 11.5 Å². The lowest BCUT2D eigenvalue weighted by Gasteiger charge is -2.06. The molecule has 1 heterocycles. The van der Waals surface area contributed by atoms with Crippen LogP contribution in [0.5, 0.6) is 0 Å². The van der Waals surface area contributed by atoms with Gasteiger partial charge >= 0.3 is 0 Å². The number of nitrogens with one attached hydrogen (secondary N) is 1. The molecule has 0 bridgehead atoms. The Balaban J connectivity index is 1.79. The lowest BCUT2D eigenvalue weighted by molar-refractivity contribution is -0.118. The highest BCUT2D eigenvalue weighted by Gasteiger charge is 2.04. The van der Waals surface area contributed by atoms with E-state index in [0.717, 1.165) is 10.5 Å². The second kappa shape index (κ2) is 7.08. The highest BCUT2D eigenvalue weighted by atomic mass is 32.2. The van der Waals surface area contributed by atoms with Crippen LogP contribution in [0.2, 0.25) is 0 Å². The maximum atomic E-state index is 13.4. The molecule has 2 rings (SSSR count). The third-order valence-corrected chi connectivity index (χ3v) is 3.84. The highest BCUT2D eigenvalue weighted by molar-refractivity contribution is 8.00. The predicted molar refractivity (Wildman–Crippen MR) is 82.4 cm³/mol. The third-order valence-electron chi connectivity index (χ3n) is 2.86. The van der Waals surface area contributed by atoms with Gasteiger partial charge in [-0.25, -0.2) is 9.37 Å². The molecular weight excluding hydrogens is 289 g/mol. The summed E-state index contributed by atoms with van der Waals surface area (Å²) in [6, 6.07) is 8.44. The molecule has 0 saturated carbocycles. The molecule has 1 amide bonds. The summed E-state index contributed by atoms with van der Waals surface area (Å²) in [6.07, 6.45) is 1.63. The zero-order valence-electron chi connectivity index (χ0n) is 11.6. The summed E-state index contributed by atoms with van der Waals surface area (Å²) in [5, 5.41) is 2.76. The summed E-state index contributed by atoms with van der Waals surface area (Å²) < 4.78 is 13.4. The van der Waals surface area contributed by atoms with Gasteiger partial charge in [0.2, 0.25) is 5.91 Å². The Morgan fingerprint density at radius 2 is 2.19 bits per heavy atom. The largest absolute Gasteiger partial charge is 0.384 e. The number of amides is 1. The van der Waals surface area contributed by atoms with Crippen molar-refractivity contribution >= 4 is 23.5 Å². The first-order chi connectivity index (χ1) is 10.0. The number of anilines is 1. The van der Waals surface area contributed by atoms with Gasteiger partial charge in [-0.15, -0.1) is 11.8 Å². The number of carbonyl (C=O) groups excluding carboxylic acids is 1. The minimum Gasteiger partial charge on any atom is -0.384 e. The van der Waals surface area contributed by atoms with E-state index in [1.807, 2.05) is 6.07 Å². The Kier molecular flexibility index (Phi) is 5.16. The quantitative estimate of drug-likeness (QED) is 0.833. The molecule has 0 spiro atoms. The Morgan fingerprint density at radius 1 is 1.38 bits per heavy atom. The van der Waals surface area contributed by atoms with Crippen molar-refractivity contribution < 1.29 is 9.18 Å². The molecule has 1 aromatic carbocycles. The Bertz CT molecular complexity index is 631. The molecule has 0 radical (unpaired) electrons. The lowest BCUT2D eigenvalue weighted by Crippen LogP contribution is -2.24. The fraction of sp³-hybridized carbons (Fsp3) is 0.200. The monoisotopic (exact) mass is 305 g/mol. The van der Waals surface area contributed by atoms with E-state index in [1.165, 1.54) is 17.8 Å². The first-order valence-electron chi connectivity index (χ1n) is 6.40. The molecule has 0 aliphatic heterocycles. The van der Waals surface area contributed by atoms with Crippen LogP contribution in [-0.4, -0.2) is 16.6 Å². The third kappa shape index (κ3) is 4.75. The first-order valence-corrected chi connectivity index (χ1v) is 7.39. The number of nitrogen functional groups attached to an aromatic ring is 1. The number of nitrogens with two attached hydrogens (primary N) is 1. The Labute approximate surface area is 127 Å². The molecule has 4 nitrogen and oxygen atoms in total. The number of pyridine rings is 1. The normalized spacial score (nSPS) is 10.4. The van der Waals surface area contributed by atoms with E-state index in [2.05, 4.69) is 10.3 Å². The van der Waals surface area contributed by atoms with Gasteiger partial charge in [-0.2, -0.15) is 0 Å². The number of aryl methyl sites for hydroxylation is 1. The number of rotatable bonds is 5. The van der Waals surface area contributed by atoms with E-state index in [-0.39, 0.29) is 17.5 Å². The lowest BCUT2D eigenvalue weighted by atomic mass is 10.1. The zero-order chi connectivity index (χ0) is 15.2. The van der Waals surface area contributed by atoms with E-state index >= 15 is 0 Å². The maximum Gasteiger partial charge on any atom is 0.230 e. The van der Waals surface area contributed by atoms with Crippen molar-refractivity contribution in [2.24, 2.45) is 0 Å². The number of benzene rings is 1. The van der Waals surface area contributed by atoms with Crippen molar-refractivity contribution in [1.29, 1.82) is 0 Å². The highest BCUT2D eigenvalue weighted by Crippen LogP contribution is 2.17. The molecule has 0 unspecified atom stereocenters. The van der Waals surface area contributed by atoms with Crippen molar-refractivity contribution in [1.82, 2.24) is 10.3 Å². The van der Waals surface area contributed by atoms with Gasteiger partial charge in [-0.05, 0) is 36.2 Å². The van der Waals surface area contributed by atoms with Crippen LogP contribution in [0.1, 0.15) is 11.1 Å². The summed E-state index contributed by atoms with van der Waals surface area (Å²) in [5.41, 5.74) is 6.82. The van der Waals surface area contributed by atoms with Gasteiger partial charge in [0, 0.05) is 17.6 Å². The minimum atomic E-state index is -0.260. The smallest absolute Gasteiger partial charge is 0.230 e. The molecule has 0 fully saturated rings. The van der Waals surface area contributed by atoms with Crippen molar-refractivity contribution in [2.45, 2.75) is 18.4 Å². The molecule has 1 aromatic heterocycles.